The van der Waals surface area contributed by atoms with Crippen molar-refractivity contribution in [1.82, 2.24) is 5.32 Å². The molecule has 0 aromatic carbocycles. The molecular weight excluding hydrogens is 212 g/mol. The highest BCUT2D eigenvalue weighted by Gasteiger charge is 2.30. The fourth-order valence-corrected chi connectivity index (χ4v) is 2.55. The predicted octanol–water partition coefficient (Wildman–Crippen LogP) is 1.77. The van der Waals surface area contributed by atoms with Crippen molar-refractivity contribution in [2.24, 2.45) is 5.92 Å². The lowest BCUT2D eigenvalue weighted by Gasteiger charge is -2.22. The normalized spacial score (nSPS) is 25.7. The van der Waals surface area contributed by atoms with E-state index in [0.29, 0.717) is 0 Å². The summed E-state index contributed by atoms with van der Waals surface area (Å²) in [5.41, 5.74) is -0.488. The van der Waals surface area contributed by atoms with Crippen LogP contribution in [-0.4, -0.2) is 29.2 Å². The zero-order valence-electron chi connectivity index (χ0n) is 9.24. The van der Waals surface area contributed by atoms with E-state index in [1.54, 1.807) is 11.8 Å². The topological polar surface area (TPSA) is 62.1 Å². The van der Waals surface area contributed by atoms with Crippen molar-refractivity contribution >= 4 is 17.9 Å². The van der Waals surface area contributed by atoms with Crippen LogP contribution in [0.15, 0.2) is 0 Å². The molecule has 1 amide bonds. The summed E-state index contributed by atoms with van der Waals surface area (Å²) in [5.74, 6) is 1.48. The zero-order chi connectivity index (χ0) is 11.5. The Labute approximate surface area is 94.4 Å². The number of nitriles is 1. The van der Waals surface area contributed by atoms with Gasteiger partial charge in [-0.3, -0.25) is 0 Å². The molecule has 84 valence electrons. The lowest BCUT2D eigenvalue weighted by atomic mass is 10.1. The number of ether oxygens (including phenoxy) is 1. The first-order valence-corrected chi connectivity index (χ1v) is 6.05. The zero-order valence-corrected chi connectivity index (χ0v) is 10.1. The molecule has 1 fully saturated rings. The van der Waals surface area contributed by atoms with Crippen molar-refractivity contribution in [2.75, 3.05) is 11.5 Å². The Hall–Kier alpha value is -0.890. The van der Waals surface area contributed by atoms with Crippen molar-refractivity contribution in [3.8, 4) is 6.07 Å². The SMILES string of the molecule is CC(C)(C)OC(=O)N[C@@H]1CSC[C@@H]1C#N. The van der Waals surface area contributed by atoms with Crippen LogP contribution in [0.25, 0.3) is 0 Å². The first-order chi connectivity index (χ1) is 6.92. The van der Waals surface area contributed by atoms with E-state index in [9.17, 15) is 4.79 Å². The van der Waals surface area contributed by atoms with Gasteiger partial charge >= 0.3 is 6.09 Å². The van der Waals surface area contributed by atoms with Gasteiger partial charge in [0, 0.05) is 11.5 Å². The van der Waals surface area contributed by atoms with E-state index >= 15 is 0 Å². The third kappa shape index (κ3) is 4.00. The highest BCUT2D eigenvalue weighted by Crippen LogP contribution is 2.23. The molecule has 1 aliphatic rings. The number of carbonyl (C=O) groups is 1. The fourth-order valence-electron chi connectivity index (χ4n) is 1.28. The lowest BCUT2D eigenvalue weighted by Crippen LogP contribution is -2.42. The van der Waals surface area contributed by atoms with Gasteiger partial charge in [0.25, 0.3) is 0 Å². The summed E-state index contributed by atoms with van der Waals surface area (Å²) in [6.07, 6.45) is -0.435. The Morgan fingerprint density at radius 1 is 1.53 bits per heavy atom. The lowest BCUT2D eigenvalue weighted by molar-refractivity contribution is 0.0504. The molecule has 1 heterocycles. The third-order valence-corrected chi connectivity index (χ3v) is 3.14. The Balaban J connectivity index is 2.42. The minimum Gasteiger partial charge on any atom is -0.444 e. The highest BCUT2D eigenvalue weighted by atomic mass is 32.2. The van der Waals surface area contributed by atoms with Crippen LogP contribution in [0.5, 0.6) is 0 Å². The number of hydrogen-bond acceptors (Lipinski definition) is 4. The molecule has 15 heavy (non-hydrogen) atoms. The fraction of sp³-hybridized carbons (Fsp3) is 0.800. The van der Waals surface area contributed by atoms with Crippen LogP contribution in [0.3, 0.4) is 0 Å². The van der Waals surface area contributed by atoms with E-state index in [2.05, 4.69) is 11.4 Å². The largest absolute Gasteiger partial charge is 0.444 e. The van der Waals surface area contributed by atoms with Gasteiger partial charge < -0.3 is 10.1 Å². The summed E-state index contributed by atoms with van der Waals surface area (Å²) < 4.78 is 5.12. The Kier molecular flexibility index (Phi) is 3.86. The van der Waals surface area contributed by atoms with Crippen LogP contribution in [0, 0.1) is 17.2 Å². The van der Waals surface area contributed by atoms with Gasteiger partial charge in [0.05, 0.1) is 18.0 Å². The van der Waals surface area contributed by atoms with Crippen molar-refractivity contribution < 1.29 is 9.53 Å². The predicted molar refractivity (Wildman–Crippen MR) is 59.6 cm³/mol. The second kappa shape index (κ2) is 4.75. The summed E-state index contributed by atoms with van der Waals surface area (Å²) in [6.45, 7) is 5.45. The average Bonchev–Trinajstić information content (AvgIpc) is 2.48. The number of amides is 1. The molecule has 4 nitrogen and oxygen atoms in total. The highest BCUT2D eigenvalue weighted by molar-refractivity contribution is 7.99. The molecule has 0 aromatic rings. The monoisotopic (exact) mass is 228 g/mol. The number of nitrogens with one attached hydrogen (secondary N) is 1. The quantitative estimate of drug-likeness (QED) is 0.743. The van der Waals surface area contributed by atoms with E-state index in [0.717, 1.165) is 11.5 Å². The first-order valence-electron chi connectivity index (χ1n) is 4.89. The van der Waals surface area contributed by atoms with Gasteiger partial charge in [-0.25, -0.2) is 4.79 Å². The molecule has 0 aliphatic carbocycles. The standard InChI is InChI=1S/C10H16N2O2S/c1-10(2,3)14-9(13)12-8-6-15-5-7(8)4-11/h7-8H,5-6H2,1-3H3,(H,12,13)/t7-,8+/m0/s1. The average molecular weight is 228 g/mol. The van der Waals surface area contributed by atoms with Crippen LogP contribution in [0.1, 0.15) is 20.8 Å². The molecule has 1 rings (SSSR count). The maximum Gasteiger partial charge on any atom is 0.407 e. The number of thioether (sulfide) groups is 1. The molecule has 1 N–H and O–H groups in total. The smallest absolute Gasteiger partial charge is 0.407 e. The summed E-state index contributed by atoms with van der Waals surface area (Å²) in [6, 6.07) is 2.12. The van der Waals surface area contributed by atoms with Gasteiger partial charge in [-0.2, -0.15) is 17.0 Å². The number of nitrogens with zero attached hydrogens (tertiary/aromatic N) is 1. The van der Waals surface area contributed by atoms with Gasteiger partial charge in [-0.05, 0) is 20.8 Å². The second-order valence-corrected chi connectivity index (χ2v) is 5.60. The molecule has 1 saturated heterocycles. The summed E-state index contributed by atoms with van der Waals surface area (Å²) in [4.78, 5) is 11.4. The second-order valence-electron chi connectivity index (χ2n) is 4.53. The Bertz CT molecular complexity index is 280. The van der Waals surface area contributed by atoms with Gasteiger partial charge in [-0.15, -0.1) is 0 Å². The van der Waals surface area contributed by atoms with E-state index < -0.39 is 11.7 Å². The van der Waals surface area contributed by atoms with Crippen molar-refractivity contribution in [2.45, 2.75) is 32.4 Å². The molecular formula is C10H16N2O2S. The van der Waals surface area contributed by atoms with Crippen molar-refractivity contribution in [1.29, 1.82) is 5.26 Å². The molecule has 5 heteroatoms. The summed E-state index contributed by atoms with van der Waals surface area (Å²) in [7, 11) is 0. The Morgan fingerprint density at radius 3 is 2.73 bits per heavy atom. The van der Waals surface area contributed by atoms with Crippen LogP contribution in [-0.2, 0) is 4.74 Å². The number of alkyl carbamates (subject to hydrolysis) is 1. The molecule has 0 radical (unpaired) electrons. The molecule has 0 aromatic heterocycles. The number of hydrogen-bond donors (Lipinski definition) is 1. The molecule has 2 atom stereocenters. The van der Waals surface area contributed by atoms with E-state index in [4.69, 9.17) is 10.00 Å². The summed E-state index contributed by atoms with van der Waals surface area (Å²) in [5, 5.41) is 11.6. The first kappa shape index (κ1) is 12.2. The minimum absolute atomic E-state index is 0.0742. The molecule has 0 bridgehead atoms. The van der Waals surface area contributed by atoms with Crippen LogP contribution < -0.4 is 5.32 Å². The summed E-state index contributed by atoms with van der Waals surface area (Å²) >= 11 is 1.68. The maximum absolute atomic E-state index is 11.4. The minimum atomic E-state index is -0.488. The van der Waals surface area contributed by atoms with Gasteiger partial charge in [-0.1, -0.05) is 0 Å². The van der Waals surface area contributed by atoms with Gasteiger partial charge in [0.2, 0.25) is 0 Å². The molecule has 0 saturated carbocycles. The van der Waals surface area contributed by atoms with E-state index in [-0.39, 0.29) is 12.0 Å². The molecule has 1 aliphatic heterocycles. The Morgan fingerprint density at radius 2 is 2.20 bits per heavy atom. The van der Waals surface area contributed by atoms with Crippen molar-refractivity contribution in [3.05, 3.63) is 0 Å². The third-order valence-electron chi connectivity index (χ3n) is 1.95. The van der Waals surface area contributed by atoms with Crippen LogP contribution >= 0.6 is 11.8 Å². The van der Waals surface area contributed by atoms with Crippen molar-refractivity contribution in [3.63, 3.8) is 0 Å². The number of carbonyl (C=O) groups excluding carboxylic acids is 1. The maximum atomic E-state index is 11.4. The van der Waals surface area contributed by atoms with Crippen LogP contribution in [0.2, 0.25) is 0 Å². The van der Waals surface area contributed by atoms with E-state index in [1.807, 2.05) is 20.8 Å². The van der Waals surface area contributed by atoms with Gasteiger partial charge in [0.15, 0.2) is 0 Å². The van der Waals surface area contributed by atoms with E-state index in [1.165, 1.54) is 0 Å². The van der Waals surface area contributed by atoms with Gasteiger partial charge in [0.1, 0.15) is 5.60 Å². The molecule has 0 unspecified atom stereocenters. The van der Waals surface area contributed by atoms with Crippen LogP contribution in [0.4, 0.5) is 4.79 Å². The number of rotatable bonds is 1. The molecule has 0 spiro atoms.